The van der Waals surface area contributed by atoms with Crippen molar-refractivity contribution in [2.75, 3.05) is 24.8 Å². The van der Waals surface area contributed by atoms with Crippen LogP contribution in [0.4, 0.5) is 10.7 Å². The van der Waals surface area contributed by atoms with E-state index in [1.54, 1.807) is 19.3 Å². The second kappa shape index (κ2) is 6.49. The number of aromatic amines is 1. The van der Waals surface area contributed by atoms with Crippen molar-refractivity contribution in [3.05, 3.63) is 22.8 Å². The molecule has 2 rings (SSSR count). The van der Waals surface area contributed by atoms with Gasteiger partial charge in [-0.25, -0.2) is 4.79 Å². The molecule has 0 radical (unpaired) electrons. The Kier molecular flexibility index (Phi) is 4.69. The smallest absolute Gasteiger partial charge is 0.350 e. The number of rotatable bonds is 6. The molecule has 2 heterocycles. The first-order valence-corrected chi connectivity index (χ1v) is 7.28. The summed E-state index contributed by atoms with van der Waals surface area (Å²) in [5.41, 5.74) is 7.25. The van der Waals surface area contributed by atoms with Crippen LogP contribution in [0.2, 0.25) is 0 Å². The second-order valence-electron chi connectivity index (χ2n) is 4.33. The molecule has 0 amide bonds. The zero-order valence-electron chi connectivity index (χ0n) is 12.1. The van der Waals surface area contributed by atoms with Gasteiger partial charge in [-0.1, -0.05) is 0 Å². The molecule has 0 aliphatic rings. The maximum absolute atomic E-state index is 11.9. The molecule has 0 fully saturated rings. The van der Waals surface area contributed by atoms with Crippen LogP contribution in [0.25, 0.3) is 0 Å². The molecular formula is C13H18N4O3S. The molecule has 0 bridgehead atoms. The Morgan fingerprint density at radius 3 is 2.95 bits per heavy atom. The van der Waals surface area contributed by atoms with Crippen LogP contribution in [-0.2, 0) is 4.74 Å². The van der Waals surface area contributed by atoms with E-state index in [1.165, 1.54) is 18.4 Å². The monoisotopic (exact) mass is 310 g/mol. The van der Waals surface area contributed by atoms with E-state index in [4.69, 9.17) is 15.2 Å². The highest BCUT2D eigenvalue weighted by Gasteiger charge is 2.24. The van der Waals surface area contributed by atoms with E-state index in [9.17, 15) is 4.79 Å². The highest BCUT2D eigenvalue weighted by atomic mass is 32.1. The number of esters is 1. The number of hydrogen-bond donors (Lipinski definition) is 3. The summed E-state index contributed by atoms with van der Waals surface area (Å²) in [6.45, 7) is 4.02. The van der Waals surface area contributed by atoms with Crippen LogP contribution in [0.1, 0.15) is 35.1 Å². The van der Waals surface area contributed by atoms with Crippen molar-refractivity contribution in [3.63, 3.8) is 0 Å². The molecule has 1 atom stereocenters. The molecule has 0 saturated heterocycles. The molecule has 0 spiro atoms. The Labute approximate surface area is 126 Å². The van der Waals surface area contributed by atoms with Crippen molar-refractivity contribution in [1.29, 1.82) is 0 Å². The van der Waals surface area contributed by atoms with E-state index in [2.05, 4.69) is 15.5 Å². The minimum Gasteiger partial charge on any atom is -0.492 e. The van der Waals surface area contributed by atoms with Gasteiger partial charge in [0.1, 0.15) is 15.6 Å². The third-order valence-electron chi connectivity index (χ3n) is 2.93. The third kappa shape index (κ3) is 3.10. The topological polar surface area (TPSA) is 102 Å². The highest BCUT2D eigenvalue weighted by molar-refractivity contribution is 7.19. The van der Waals surface area contributed by atoms with Gasteiger partial charge in [0.2, 0.25) is 0 Å². The number of nitrogens with one attached hydrogen (secondary N) is 2. The zero-order chi connectivity index (χ0) is 15.4. The van der Waals surface area contributed by atoms with Crippen molar-refractivity contribution in [3.8, 4) is 5.75 Å². The number of hydrogen-bond acceptors (Lipinski definition) is 7. The number of thiophene rings is 1. The fraction of sp³-hybridized carbons (Fsp3) is 0.385. The van der Waals surface area contributed by atoms with Crippen molar-refractivity contribution in [2.24, 2.45) is 0 Å². The molecule has 114 valence electrons. The lowest BCUT2D eigenvalue weighted by molar-refractivity contribution is 0.0533. The average molecular weight is 310 g/mol. The Balaban J connectivity index is 2.26. The first-order chi connectivity index (χ1) is 10.1. The van der Waals surface area contributed by atoms with Gasteiger partial charge in [-0.15, -0.1) is 11.3 Å². The fourth-order valence-electron chi connectivity index (χ4n) is 1.85. The summed E-state index contributed by atoms with van der Waals surface area (Å²) in [5.74, 6) is 0.0145. The summed E-state index contributed by atoms with van der Waals surface area (Å²) in [4.78, 5) is 12.2. The normalized spacial score (nSPS) is 12.0. The van der Waals surface area contributed by atoms with Crippen molar-refractivity contribution in [1.82, 2.24) is 10.2 Å². The Hall–Kier alpha value is -2.22. The van der Waals surface area contributed by atoms with Crippen LogP contribution < -0.4 is 15.8 Å². The van der Waals surface area contributed by atoms with Gasteiger partial charge in [-0.2, -0.15) is 5.10 Å². The van der Waals surface area contributed by atoms with E-state index in [0.29, 0.717) is 27.9 Å². The number of carbonyl (C=O) groups is 1. The van der Waals surface area contributed by atoms with Crippen LogP contribution in [0.5, 0.6) is 5.75 Å². The molecule has 0 aliphatic heterocycles. The van der Waals surface area contributed by atoms with Crippen molar-refractivity contribution >= 4 is 28.0 Å². The summed E-state index contributed by atoms with van der Waals surface area (Å²) in [6, 6.07) is -0.00857. The largest absolute Gasteiger partial charge is 0.492 e. The van der Waals surface area contributed by atoms with Crippen LogP contribution in [0.15, 0.2) is 12.4 Å². The minimum atomic E-state index is -0.442. The average Bonchev–Trinajstić information content (AvgIpc) is 3.07. The second-order valence-corrected chi connectivity index (χ2v) is 5.35. The summed E-state index contributed by atoms with van der Waals surface area (Å²) in [6.07, 6.45) is 3.53. The molecule has 2 aromatic heterocycles. The lowest BCUT2D eigenvalue weighted by atomic mass is 10.2. The maximum atomic E-state index is 11.9. The van der Waals surface area contributed by atoms with Gasteiger partial charge in [0.05, 0.1) is 26.0 Å². The van der Waals surface area contributed by atoms with Crippen LogP contribution in [0, 0.1) is 0 Å². The number of nitrogen functional groups attached to an aromatic ring is 1. The van der Waals surface area contributed by atoms with Gasteiger partial charge in [0.25, 0.3) is 0 Å². The van der Waals surface area contributed by atoms with Gasteiger partial charge >= 0.3 is 5.97 Å². The minimum absolute atomic E-state index is 0.00857. The first-order valence-electron chi connectivity index (χ1n) is 6.47. The Morgan fingerprint density at radius 2 is 2.38 bits per heavy atom. The summed E-state index contributed by atoms with van der Waals surface area (Å²) >= 11 is 1.22. The lowest BCUT2D eigenvalue weighted by Gasteiger charge is -2.13. The van der Waals surface area contributed by atoms with Gasteiger partial charge in [0, 0.05) is 11.8 Å². The highest BCUT2D eigenvalue weighted by Crippen LogP contribution is 2.44. The number of H-pyrrole nitrogens is 1. The molecular weight excluding hydrogens is 292 g/mol. The number of nitrogens with two attached hydrogens (primary N) is 1. The zero-order valence-corrected chi connectivity index (χ0v) is 12.9. The molecule has 21 heavy (non-hydrogen) atoms. The van der Waals surface area contributed by atoms with Gasteiger partial charge in [0.15, 0.2) is 5.75 Å². The molecule has 8 heteroatoms. The number of methoxy groups -OCH3 is 1. The first kappa shape index (κ1) is 15.2. The summed E-state index contributed by atoms with van der Waals surface area (Å²) in [7, 11) is 1.51. The SMILES string of the molecule is CCOC(=O)c1sc(NC(C)c2cn[nH]c2)c(OC)c1N. The Bertz CT molecular complexity index is 609. The van der Waals surface area contributed by atoms with E-state index < -0.39 is 5.97 Å². The van der Waals surface area contributed by atoms with Gasteiger partial charge < -0.3 is 20.5 Å². The summed E-state index contributed by atoms with van der Waals surface area (Å²) < 4.78 is 10.3. The third-order valence-corrected chi connectivity index (χ3v) is 4.03. The quantitative estimate of drug-likeness (QED) is 0.708. The number of anilines is 2. The van der Waals surface area contributed by atoms with Gasteiger partial charge in [-0.3, -0.25) is 5.10 Å². The molecule has 1 unspecified atom stereocenters. The molecule has 7 nitrogen and oxygen atoms in total. The predicted octanol–water partition coefficient (Wildman–Crippen LogP) is 2.41. The van der Waals surface area contributed by atoms with Crippen molar-refractivity contribution < 1.29 is 14.3 Å². The van der Waals surface area contributed by atoms with E-state index in [-0.39, 0.29) is 6.04 Å². The number of aromatic nitrogens is 2. The van der Waals surface area contributed by atoms with Crippen molar-refractivity contribution in [2.45, 2.75) is 19.9 Å². The molecule has 0 aliphatic carbocycles. The standard InChI is InChI=1S/C13H18N4O3S/c1-4-20-13(18)11-9(14)10(19-3)12(21-11)17-7(2)8-5-15-16-6-8/h5-7,17H,4,14H2,1-3H3,(H,15,16). The van der Waals surface area contributed by atoms with E-state index >= 15 is 0 Å². The van der Waals surface area contributed by atoms with Crippen LogP contribution in [0.3, 0.4) is 0 Å². The molecule has 4 N–H and O–H groups in total. The lowest BCUT2D eigenvalue weighted by Crippen LogP contribution is -2.05. The molecule has 2 aromatic rings. The van der Waals surface area contributed by atoms with Gasteiger partial charge in [-0.05, 0) is 13.8 Å². The number of carbonyl (C=O) groups excluding carboxylic acids is 1. The maximum Gasteiger partial charge on any atom is 0.350 e. The number of nitrogens with zero attached hydrogens (tertiary/aromatic N) is 1. The van der Waals surface area contributed by atoms with Crippen LogP contribution >= 0.6 is 11.3 Å². The molecule has 0 aromatic carbocycles. The van der Waals surface area contributed by atoms with Crippen LogP contribution in [-0.4, -0.2) is 29.9 Å². The summed E-state index contributed by atoms with van der Waals surface area (Å²) in [5, 5.41) is 10.6. The molecule has 0 saturated carbocycles. The Morgan fingerprint density at radius 1 is 1.62 bits per heavy atom. The number of ether oxygens (including phenoxy) is 2. The van der Waals surface area contributed by atoms with E-state index in [1.807, 2.05) is 6.92 Å². The fourth-order valence-corrected chi connectivity index (χ4v) is 2.92. The predicted molar refractivity (Wildman–Crippen MR) is 81.9 cm³/mol. The van der Waals surface area contributed by atoms with E-state index in [0.717, 1.165) is 5.56 Å².